The predicted molar refractivity (Wildman–Crippen MR) is 370 cm³/mol. The molecular weight excluding hydrogens is 1030 g/mol. The number of carbonyl (C=O) groups is 2. The number of nitrogens with one attached hydrogen (secondary N) is 1. The van der Waals surface area contributed by atoms with Gasteiger partial charge in [-0.3, -0.25) is 9.59 Å². The molecule has 0 rings (SSSR count). The molecule has 0 fully saturated rings. The van der Waals surface area contributed by atoms with Crippen LogP contribution in [0.1, 0.15) is 425 Å². The number of rotatable bonds is 72. The van der Waals surface area contributed by atoms with Gasteiger partial charge in [-0.2, -0.15) is 0 Å². The molecule has 0 aliphatic carbocycles. The molecule has 0 radical (unpaired) electrons. The lowest BCUT2D eigenvalue weighted by molar-refractivity contribution is -0.143. The summed E-state index contributed by atoms with van der Waals surface area (Å²) in [5, 5.41) is 23.4. The highest BCUT2D eigenvalue weighted by Gasteiger charge is 2.20. The molecule has 496 valence electrons. The largest absolute Gasteiger partial charge is 0.466 e. The standard InChI is InChI=1S/C78H149NO5/c1-3-5-7-9-11-13-15-17-18-40-43-47-50-54-58-62-66-70-76(81)75(74-80)79-77(82)71-67-63-59-55-51-48-44-41-38-36-34-32-30-28-26-24-22-20-19-21-23-25-27-29-31-33-35-37-39-42-45-49-53-57-61-65-69-73-84-78(83)72-68-64-60-56-52-46-16-14-12-10-8-6-4-2/h14,16,19,21,25,27,75-76,80-81H,3-13,15,17-18,20,22-24,26,28-74H2,1-2H3,(H,79,82)/b16-14-,21-19-,27-25-. The van der Waals surface area contributed by atoms with Crippen molar-refractivity contribution in [3.05, 3.63) is 36.5 Å². The fraction of sp³-hybridized carbons (Fsp3) is 0.897. The fourth-order valence-electron chi connectivity index (χ4n) is 12.1. The Morgan fingerprint density at radius 1 is 0.333 bits per heavy atom. The van der Waals surface area contributed by atoms with Crippen LogP contribution >= 0.6 is 0 Å². The van der Waals surface area contributed by atoms with Crippen LogP contribution in [0.2, 0.25) is 0 Å². The first-order valence-electron chi connectivity index (χ1n) is 38.2. The minimum atomic E-state index is -0.663. The fourth-order valence-corrected chi connectivity index (χ4v) is 12.1. The number of esters is 1. The third-order valence-corrected chi connectivity index (χ3v) is 17.9. The lowest BCUT2D eigenvalue weighted by atomic mass is 10.0. The maximum Gasteiger partial charge on any atom is 0.305 e. The van der Waals surface area contributed by atoms with Gasteiger partial charge >= 0.3 is 5.97 Å². The molecule has 0 aromatic heterocycles. The third-order valence-electron chi connectivity index (χ3n) is 17.9. The van der Waals surface area contributed by atoms with E-state index in [9.17, 15) is 19.8 Å². The molecule has 3 N–H and O–H groups in total. The summed E-state index contributed by atoms with van der Waals surface area (Å²) in [6, 6.07) is -0.540. The van der Waals surface area contributed by atoms with Crippen LogP contribution in [0.25, 0.3) is 0 Å². The van der Waals surface area contributed by atoms with Crippen LogP contribution in [0.5, 0.6) is 0 Å². The quantitative estimate of drug-likeness (QED) is 0.0320. The lowest BCUT2D eigenvalue weighted by Crippen LogP contribution is -2.45. The topological polar surface area (TPSA) is 95.9 Å². The minimum absolute atomic E-state index is 0.00992. The van der Waals surface area contributed by atoms with Crippen molar-refractivity contribution in [1.82, 2.24) is 5.32 Å². The number of aliphatic hydroxyl groups is 2. The molecule has 0 aliphatic heterocycles. The van der Waals surface area contributed by atoms with Gasteiger partial charge in [0.15, 0.2) is 0 Å². The molecule has 0 spiro atoms. The Morgan fingerprint density at radius 3 is 0.929 bits per heavy atom. The molecule has 6 nitrogen and oxygen atoms in total. The maximum absolute atomic E-state index is 12.5. The van der Waals surface area contributed by atoms with Crippen molar-refractivity contribution < 1.29 is 24.5 Å². The number of hydrogen-bond donors (Lipinski definition) is 3. The zero-order valence-corrected chi connectivity index (χ0v) is 56.9. The average Bonchev–Trinajstić information content (AvgIpc) is 3.51. The Hall–Kier alpha value is -1.92. The summed E-state index contributed by atoms with van der Waals surface area (Å²) in [6.07, 6.45) is 95.1. The van der Waals surface area contributed by atoms with E-state index in [0.29, 0.717) is 25.9 Å². The Labute approximate surface area is 525 Å². The normalized spacial score (nSPS) is 12.7. The van der Waals surface area contributed by atoms with Crippen LogP contribution in [0.3, 0.4) is 0 Å². The molecule has 6 heteroatoms. The van der Waals surface area contributed by atoms with Crippen LogP contribution in [0, 0.1) is 0 Å². The number of ether oxygens (including phenoxy) is 1. The van der Waals surface area contributed by atoms with Crippen LogP contribution < -0.4 is 5.32 Å². The average molecular weight is 1180 g/mol. The molecule has 0 saturated heterocycles. The Bertz CT molecular complexity index is 1360. The zero-order chi connectivity index (χ0) is 60.6. The highest BCUT2D eigenvalue weighted by molar-refractivity contribution is 5.76. The molecule has 84 heavy (non-hydrogen) atoms. The van der Waals surface area contributed by atoms with E-state index < -0.39 is 12.1 Å². The molecule has 2 unspecified atom stereocenters. The molecule has 0 aromatic carbocycles. The molecule has 2 atom stereocenters. The molecule has 0 saturated carbocycles. The summed E-state index contributed by atoms with van der Waals surface area (Å²) in [5.74, 6) is -0.0186. The van der Waals surface area contributed by atoms with Gasteiger partial charge in [0.1, 0.15) is 0 Å². The maximum atomic E-state index is 12.5. The van der Waals surface area contributed by atoms with Crippen LogP contribution in [-0.2, 0) is 14.3 Å². The summed E-state index contributed by atoms with van der Waals surface area (Å²) in [7, 11) is 0. The molecule has 0 aromatic rings. The van der Waals surface area contributed by atoms with Crippen LogP contribution in [0.4, 0.5) is 0 Å². The second-order valence-corrected chi connectivity index (χ2v) is 26.3. The van der Waals surface area contributed by atoms with Crippen molar-refractivity contribution >= 4 is 11.9 Å². The summed E-state index contributed by atoms with van der Waals surface area (Å²) in [5.41, 5.74) is 0. The zero-order valence-electron chi connectivity index (χ0n) is 56.9. The van der Waals surface area contributed by atoms with Gasteiger partial charge in [0.05, 0.1) is 25.4 Å². The Balaban J connectivity index is 3.36. The monoisotopic (exact) mass is 1180 g/mol. The third kappa shape index (κ3) is 69.2. The molecule has 0 heterocycles. The summed E-state index contributed by atoms with van der Waals surface area (Å²) in [4.78, 5) is 24.6. The first-order valence-corrected chi connectivity index (χ1v) is 38.2. The highest BCUT2D eigenvalue weighted by Crippen LogP contribution is 2.19. The van der Waals surface area contributed by atoms with E-state index in [1.165, 1.54) is 340 Å². The highest BCUT2D eigenvalue weighted by atomic mass is 16.5. The van der Waals surface area contributed by atoms with Gasteiger partial charge in [0, 0.05) is 12.8 Å². The van der Waals surface area contributed by atoms with E-state index in [1.54, 1.807) is 0 Å². The minimum Gasteiger partial charge on any atom is -0.466 e. The SMILES string of the molecule is CCCCCC/C=C\CCCCCCCC(=O)OCCCCCCCCCCCCCCC/C=C\C/C=C\CCCCCCCCCCCCCCCCCCCC(=O)NC(CO)C(O)CCCCCCCCCCCCCCCCCCC. The first kappa shape index (κ1) is 82.1. The summed E-state index contributed by atoms with van der Waals surface area (Å²) < 4.78 is 5.48. The van der Waals surface area contributed by atoms with E-state index in [2.05, 4.69) is 55.6 Å². The van der Waals surface area contributed by atoms with Gasteiger partial charge in [-0.05, 0) is 83.5 Å². The van der Waals surface area contributed by atoms with Crippen molar-refractivity contribution in [2.24, 2.45) is 0 Å². The smallest absolute Gasteiger partial charge is 0.305 e. The van der Waals surface area contributed by atoms with Crippen LogP contribution in [-0.4, -0.2) is 47.4 Å². The second kappa shape index (κ2) is 73.5. The molecule has 0 aliphatic rings. The van der Waals surface area contributed by atoms with Gasteiger partial charge in [-0.1, -0.05) is 365 Å². The number of carbonyl (C=O) groups excluding carboxylic acids is 2. The van der Waals surface area contributed by atoms with Crippen LogP contribution in [0.15, 0.2) is 36.5 Å². The summed E-state index contributed by atoms with van der Waals surface area (Å²) >= 11 is 0. The van der Waals surface area contributed by atoms with E-state index >= 15 is 0 Å². The van der Waals surface area contributed by atoms with Gasteiger partial charge < -0.3 is 20.3 Å². The Kier molecular flexibility index (Phi) is 71.9. The first-order chi connectivity index (χ1) is 41.5. The molecule has 0 bridgehead atoms. The van der Waals surface area contributed by atoms with Gasteiger partial charge in [0.2, 0.25) is 5.91 Å². The Morgan fingerprint density at radius 2 is 0.595 bits per heavy atom. The lowest BCUT2D eigenvalue weighted by Gasteiger charge is -2.22. The second-order valence-electron chi connectivity index (χ2n) is 26.3. The van der Waals surface area contributed by atoms with Gasteiger partial charge in [-0.15, -0.1) is 0 Å². The van der Waals surface area contributed by atoms with E-state index in [0.717, 1.165) is 51.4 Å². The molecule has 1 amide bonds. The molecular formula is C78H149NO5. The number of allylic oxidation sites excluding steroid dienone is 6. The van der Waals surface area contributed by atoms with Gasteiger partial charge in [0.25, 0.3) is 0 Å². The van der Waals surface area contributed by atoms with Crippen molar-refractivity contribution in [2.45, 2.75) is 437 Å². The van der Waals surface area contributed by atoms with Gasteiger partial charge in [-0.25, -0.2) is 0 Å². The predicted octanol–water partition coefficient (Wildman–Crippen LogP) is 25.0. The number of unbranched alkanes of at least 4 members (excludes halogenated alkanes) is 55. The van der Waals surface area contributed by atoms with E-state index in [4.69, 9.17) is 4.74 Å². The summed E-state index contributed by atoms with van der Waals surface area (Å²) in [6.45, 7) is 4.97. The number of aliphatic hydroxyl groups excluding tert-OH is 2. The van der Waals surface area contributed by atoms with Crippen molar-refractivity contribution in [3.8, 4) is 0 Å². The van der Waals surface area contributed by atoms with E-state index in [-0.39, 0.29) is 18.5 Å². The number of amides is 1. The van der Waals surface area contributed by atoms with Crippen molar-refractivity contribution in [1.29, 1.82) is 0 Å². The van der Waals surface area contributed by atoms with Crippen molar-refractivity contribution in [2.75, 3.05) is 13.2 Å². The number of hydrogen-bond acceptors (Lipinski definition) is 5. The van der Waals surface area contributed by atoms with Crippen molar-refractivity contribution in [3.63, 3.8) is 0 Å². The van der Waals surface area contributed by atoms with E-state index in [1.807, 2.05) is 0 Å².